The van der Waals surface area contributed by atoms with Crippen LogP contribution in [-0.4, -0.2) is 18.5 Å². The van der Waals surface area contributed by atoms with E-state index >= 15 is 0 Å². The molecule has 0 aliphatic rings. The zero-order valence-electron chi connectivity index (χ0n) is 9.62. The fourth-order valence-corrected chi connectivity index (χ4v) is 1.30. The van der Waals surface area contributed by atoms with Crippen molar-refractivity contribution in [3.05, 3.63) is 35.9 Å². The second-order valence-electron chi connectivity index (χ2n) is 3.96. The van der Waals surface area contributed by atoms with E-state index in [-0.39, 0.29) is 18.2 Å². The van der Waals surface area contributed by atoms with Gasteiger partial charge in [-0.05, 0) is 13.3 Å². The number of hydrogen-bond acceptors (Lipinski definition) is 2. The topological polar surface area (TPSA) is 55.1 Å². The lowest BCUT2D eigenvalue weighted by Gasteiger charge is -2.16. The van der Waals surface area contributed by atoms with E-state index in [4.69, 9.17) is 5.73 Å². The molecule has 0 saturated carbocycles. The minimum atomic E-state index is -3.50. The molecule has 17 heavy (non-hydrogen) atoms. The molecule has 0 bridgehead atoms. The number of hydrogen-bond donors (Lipinski definition) is 2. The molecule has 0 aliphatic carbocycles. The Labute approximate surface area is 99.0 Å². The maximum absolute atomic E-state index is 13.6. The Hall–Kier alpha value is -1.49. The van der Waals surface area contributed by atoms with Gasteiger partial charge in [0.05, 0.1) is 0 Å². The number of halogens is 2. The van der Waals surface area contributed by atoms with Crippen molar-refractivity contribution in [2.24, 2.45) is 5.73 Å². The largest absolute Gasteiger partial charge is 0.350 e. The first kappa shape index (κ1) is 13.6. The van der Waals surface area contributed by atoms with E-state index in [0.717, 1.165) is 0 Å². The van der Waals surface area contributed by atoms with E-state index in [1.54, 1.807) is 13.0 Å². The molecule has 1 unspecified atom stereocenters. The lowest BCUT2D eigenvalue weighted by Crippen LogP contribution is -2.39. The highest BCUT2D eigenvalue weighted by molar-refractivity contribution is 5.84. The molecule has 3 N–H and O–H groups in total. The molecule has 1 atom stereocenters. The SMILES string of the molecule is CC(N)CCNC(=O)C(F)(F)c1ccccc1. The molecule has 1 aromatic rings. The summed E-state index contributed by atoms with van der Waals surface area (Å²) in [5, 5.41) is 2.18. The quantitative estimate of drug-likeness (QED) is 0.824. The van der Waals surface area contributed by atoms with Gasteiger partial charge in [-0.3, -0.25) is 4.79 Å². The van der Waals surface area contributed by atoms with Gasteiger partial charge in [0.15, 0.2) is 0 Å². The summed E-state index contributed by atoms with van der Waals surface area (Å²) in [4.78, 5) is 11.3. The molecule has 3 nitrogen and oxygen atoms in total. The normalized spacial score (nSPS) is 13.2. The van der Waals surface area contributed by atoms with Crippen LogP contribution in [0.2, 0.25) is 0 Å². The number of amides is 1. The molecule has 1 rings (SSSR count). The van der Waals surface area contributed by atoms with Gasteiger partial charge in [-0.25, -0.2) is 0 Å². The number of nitrogens with two attached hydrogens (primary N) is 1. The number of alkyl halides is 2. The first-order chi connectivity index (χ1) is 7.94. The van der Waals surface area contributed by atoms with Crippen molar-refractivity contribution in [2.75, 3.05) is 6.54 Å². The van der Waals surface area contributed by atoms with Crippen LogP contribution in [0.5, 0.6) is 0 Å². The van der Waals surface area contributed by atoms with E-state index in [1.807, 2.05) is 0 Å². The van der Waals surface area contributed by atoms with E-state index in [2.05, 4.69) is 5.32 Å². The third-order valence-electron chi connectivity index (χ3n) is 2.31. The van der Waals surface area contributed by atoms with Gasteiger partial charge in [0.25, 0.3) is 5.91 Å². The average Bonchev–Trinajstić information content (AvgIpc) is 2.29. The molecule has 0 heterocycles. The van der Waals surface area contributed by atoms with Gasteiger partial charge in [0, 0.05) is 18.2 Å². The fourth-order valence-electron chi connectivity index (χ4n) is 1.30. The Morgan fingerprint density at radius 1 is 1.41 bits per heavy atom. The lowest BCUT2D eigenvalue weighted by atomic mass is 10.1. The monoisotopic (exact) mass is 242 g/mol. The predicted molar refractivity (Wildman–Crippen MR) is 61.6 cm³/mol. The molecule has 0 fully saturated rings. The van der Waals surface area contributed by atoms with Gasteiger partial charge < -0.3 is 11.1 Å². The summed E-state index contributed by atoms with van der Waals surface area (Å²) >= 11 is 0. The van der Waals surface area contributed by atoms with Crippen molar-refractivity contribution < 1.29 is 13.6 Å². The van der Waals surface area contributed by atoms with Crippen molar-refractivity contribution in [2.45, 2.75) is 25.3 Å². The van der Waals surface area contributed by atoms with Crippen LogP contribution >= 0.6 is 0 Å². The highest BCUT2D eigenvalue weighted by atomic mass is 19.3. The average molecular weight is 242 g/mol. The molecule has 1 aromatic carbocycles. The van der Waals surface area contributed by atoms with E-state index < -0.39 is 11.8 Å². The number of carbonyl (C=O) groups is 1. The molecule has 5 heteroatoms. The second kappa shape index (κ2) is 5.72. The summed E-state index contributed by atoms with van der Waals surface area (Å²) < 4.78 is 27.3. The van der Waals surface area contributed by atoms with Crippen molar-refractivity contribution in [3.8, 4) is 0 Å². The minimum absolute atomic E-state index is 0.124. The highest BCUT2D eigenvalue weighted by Crippen LogP contribution is 2.27. The van der Waals surface area contributed by atoms with E-state index in [0.29, 0.717) is 6.42 Å². The maximum Gasteiger partial charge on any atom is 0.349 e. The smallest absolute Gasteiger partial charge is 0.349 e. The van der Waals surface area contributed by atoms with Gasteiger partial charge in [0.1, 0.15) is 0 Å². The molecule has 1 amide bonds. The molecule has 94 valence electrons. The minimum Gasteiger partial charge on any atom is -0.350 e. The van der Waals surface area contributed by atoms with Crippen LogP contribution in [0.3, 0.4) is 0 Å². The first-order valence-electron chi connectivity index (χ1n) is 5.42. The third kappa shape index (κ3) is 3.78. The summed E-state index contributed by atoms with van der Waals surface area (Å²) in [6, 6.07) is 6.89. The van der Waals surface area contributed by atoms with Crippen LogP contribution in [0.4, 0.5) is 8.78 Å². The molecule has 0 radical (unpaired) electrons. The standard InChI is InChI=1S/C12H16F2N2O/c1-9(15)7-8-16-11(17)12(13,14)10-5-3-2-4-6-10/h2-6,9H,7-8,15H2,1H3,(H,16,17). The van der Waals surface area contributed by atoms with E-state index in [1.165, 1.54) is 24.3 Å². The van der Waals surface area contributed by atoms with Crippen LogP contribution in [-0.2, 0) is 10.7 Å². The van der Waals surface area contributed by atoms with Gasteiger partial charge >= 0.3 is 5.92 Å². The first-order valence-corrected chi connectivity index (χ1v) is 5.42. The summed E-state index contributed by atoms with van der Waals surface area (Å²) in [6.07, 6.45) is 0.469. The maximum atomic E-state index is 13.6. The second-order valence-corrected chi connectivity index (χ2v) is 3.96. The van der Waals surface area contributed by atoms with Crippen LogP contribution in [0.15, 0.2) is 30.3 Å². The third-order valence-corrected chi connectivity index (χ3v) is 2.31. The zero-order chi connectivity index (χ0) is 12.9. The molecule has 0 spiro atoms. The summed E-state index contributed by atoms with van der Waals surface area (Å²) in [6.45, 7) is 1.90. The summed E-state index contributed by atoms with van der Waals surface area (Å²) in [7, 11) is 0. The fraction of sp³-hybridized carbons (Fsp3) is 0.417. The molecule has 0 aliphatic heterocycles. The number of nitrogens with one attached hydrogen (secondary N) is 1. The highest BCUT2D eigenvalue weighted by Gasteiger charge is 2.40. The Morgan fingerprint density at radius 2 is 2.00 bits per heavy atom. The number of benzene rings is 1. The van der Waals surface area contributed by atoms with Gasteiger partial charge in [0.2, 0.25) is 0 Å². The van der Waals surface area contributed by atoms with Crippen molar-refractivity contribution in [1.29, 1.82) is 0 Å². The van der Waals surface area contributed by atoms with Crippen LogP contribution in [0.25, 0.3) is 0 Å². The van der Waals surface area contributed by atoms with Crippen molar-refractivity contribution in [3.63, 3.8) is 0 Å². The zero-order valence-corrected chi connectivity index (χ0v) is 9.62. The van der Waals surface area contributed by atoms with Crippen molar-refractivity contribution >= 4 is 5.91 Å². The van der Waals surface area contributed by atoms with Gasteiger partial charge in [-0.1, -0.05) is 30.3 Å². The number of rotatable bonds is 5. The lowest BCUT2D eigenvalue weighted by molar-refractivity contribution is -0.147. The predicted octanol–water partition coefficient (Wildman–Crippen LogP) is 1.63. The van der Waals surface area contributed by atoms with Crippen molar-refractivity contribution in [1.82, 2.24) is 5.32 Å². The van der Waals surface area contributed by atoms with Crippen LogP contribution in [0, 0.1) is 0 Å². The van der Waals surface area contributed by atoms with Crippen LogP contribution in [0.1, 0.15) is 18.9 Å². The van der Waals surface area contributed by atoms with Crippen LogP contribution < -0.4 is 11.1 Å². The molecular formula is C12H16F2N2O. The molecule has 0 saturated heterocycles. The molecule has 0 aromatic heterocycles. The Balaban J connectivity index is 2.61. The summed E-state index contributed by atoms with van der Waals surface area (Å²) in [5.41, 5.74) is 5.15. The summed E-state index contributed by atoms with van der Waals surface area (Å²) in [5.74, 6) is -4.79. The Morgan fingerprint density at radius 3 is 2.53 bits per heavy atom. The Kier molecular flexibility index (Phi) is 4.57. The van der Waals surface area contributed by atoms with Gasteiger partial charge in [-0.15, -0.1) is 0 Å². The van der Waals surface area contributed by atoms with E-state index in [9.17, 15) is 13.6 Å². The Bertz CT molecular complexity index is 366. The molecular weight excluding hydrogens is 226 g/mol. The number of carbonyl (C=O) groups excluding carboxylic acids is 1. The van der Waals surface area contributed by atoms with Gasteiger partial charge in [-0.2, -0.15) is 8.78 Å².